The van der Waals surface area contributed by atoms with Crippen molar-refractivity contribution in [2.75, 3.05) is 12.9 Å². The fourth-order valence-corrected chi connectivity index (χ4v) is 3.55. The largest absolute Gasteiger partial charge is 0.496 e. The number of guanidine groups is 1. The predicted octanol–water partition coefficient (Wildman–Crippen LogP) is 2.65. The topological polar surface area (TPSA) is 90.7 Å². The van der Waals surface area contributed by atoms with Crippen LogP contribution in [0.15, 0.2) is 58.4 Å². The molecule has 4 N–H and O–H groups in total. The average Bonchev–Trinajstić information content (AvgIpc) is 2.60. The highest BCUT2D eigenvalue weighted by Gasteiger charge is 2.19. The zero-order chi connectivity index (χ0) is 17.1. The van der Waals surface area contributed by atoms with Crippen LogP contribution in [0.3, 0.4) is 0 Å². The van der Waals surface area contributed by atoms with Gasteiger partial charge in [0.05, 0.1) is 7.11 Å². The highest BCUT2D eigenvalue weighted by Crippen LogP contribution is 2.40. The molecule has 0 radical (unpaired) electrons. The Morgan fingerprint density at radius 1 is 1.17 bits per heavy atom. The van der Waals surface area contributed by atoms with Crippen molar-refractivity contribution < 1.29 is 9.53 Å². The minimum Gasteiger partial charge on any atom is -0.496 e. The van der Waals surface area contributed by atoms with Gasteiger partial charge in [-0.05, 0) is 35.4 Å². The molecule has 122 valence electrons. The molecule has 1 amide bonds. The van der Waals surface area contributed by atoms with Gasteiger partial charge >= 0.3 is 0 Å². The summed E-state index contributed by atoms with van der Waals surface area (Å²) in [6.07, 6.45) is 2.14. The monoisotopic (exact) mass is 339 g/mol. The van der Waals surface area contributed by atoms with E-state index in [1.54, 1.807) is 24.9 Å². The standard InChI is InChI=1S/C18H17N3O2S/c1-23-15-5-3-2-4-13(15)12-8-9-24-16-7-6-11(10-14(12)16)17(22)21-18(19)20/h2-8,10H,9H2,1H3,(H4,19,20,21,22). The van der Waals surface area contributed by atoms with Crippen LogP contribution < -0.4 is 16.2 Å². The van der Waals surface area contributed by atoms with Crippen molar-refractivity contribution >= 4 is 29.2 Å². The quantitative estimate of drug-likeness (QED) is 0.663. The molecule has 0 atom stereocenters. The zero-order valence-corrected chi connectivity index (χ0v) is 14.0. The number of thioether (sulfide) groups is 1. The van der Waals surface area contributed by atoms with Gasteiger partial charge in [-0.15, -0.1) is 11.8 Å². The molecule has 1 aliphatic rings. The lowest BCUT2D eigenvalue weighted by Crippen LogP contribution is -2.24. The summed E-state index contributed by atoms with van der Waals surface area (Å²) in [6.45, 7) is 0. The Morgan fingerprint density at radius 2 is 1.96 bits per heavy atom. The number of ether oxygens (including phenoxy) is 1. The molecule has 2 aromatic rings. The van der Waals surface area contributed by atoms with Crippen molar-refractivity contribution in [2.45, 2.75) is 4.90 Å². The van der Waals surface area contributed by atoms with Gasteiger partial charge in [-0.3, -0.25) is 4.79 Å². The maximum absolute atomic E-state index is 12.1. The van der Waals surface area contributed by atoms with Crippen molar-refractivity contribution in [3.63, 3.8) is 0 Å². The Hall–Kier alpha value is -2.73. The summed E-state index contributed by atoms with van der Waals surface area (Å²) >= 11 is 1.72. The van der Waals surface area contributed by atoms with E-state index >= 15 is 0 Å². The van der Waals surface area contributed by atoms with E-state index in [0.717, 1.165) is 33.1 Å². The summed E-state index contributed by atoms with van der Waals surface area (Å²) in [5.74, 6) is 0.963. The first-order valence-electron chi connectivity index (χ1n) is 7.35. The summed E-state index contributed by atoms with van der Waals surface area (Å²) in [5.41, 5.74) is 14.1. The van der Waals surface area contributed by atoms with Crippen LogP contribution in [-0.4, -0.2) is 24.7 Å². The molecule has 0 saturated carbocycles. The third kappa shape index (κ3) is 3.14. The van der Waals surface area contributed by atoms with E-state index in [9.17, 15) is 4.79 Å². The number of para-hydroxylation sites is 1. The molecule has 6 heteroatoms. The second-order valence-electron chi connectivity index (χ2n) is 5.18. The van der Waals surface area contributed by atoms with Crippen LogP contribution in [-0.2, 0) is 0 Å². The average molecular weight is 339 g/mol. The first kappa shape index (κ1) is 16.1. The Labute approximate surface area is 144 Å². The molecule has 0 spiro atoms. The lowest BCUT2D eigenvalue weighted by atomic mass is 9.95. The lowest BCUT2D eigenvalue weighted by Gasteiger charge is -2.20. The predicted molar refractivity (Wildman–Crippen MR) is 97.4 cm³/mol. The zero-order valence-electron chi connectivity index (χ0n) is 13.2. The third-order valence-corrected chi connectivity index (χ3v) is 4.67. The Kier molecular flexibility index (Phi) is 4.57. The van der Waals surface area contributed by atoms with E-state index in [1.165, 1.54) is 0 Å². The molecule has 0 aliphatic carbocycles. The van der Waals surface area contributed by atoms with Crippen LogP contribution >= 0.6 is 11.8 Å². The lowest BCUT2D eigenvalue weighted by molar-refractivity contribution is 0.100. The van der Waals surface area contributed by atoms with E-state index in [1.807, 2.05) is 36.4 Å². The van der Waals surface area contributed by atoms with Crippen molar-refractivity contribution in [2.24, 2.45) is 16.5 Å². The molecule has 0 bridgehead atoms. The first-order chi connectivity index (χ1) is 11.6. The molecule has 24 heavy (non-hydrogen) atoms. The third-order valence-electron chi connectivity index (χ3n) is 3.67. The van der Waals surface area contributed by atoms with E-state index in [4.69, 9.17) is 16.2 Å². The fourth-order valence-electron chi connectivity index (χ4n) is 2.63. The number of aliphatic imine (C=N–C) groups is 1. The highest BCUT2D eigenvalue weighted by atomic mass is 32.2. The number of carbonyl (C=O) groups is 1. The SMILES string of the molecule is COc1ccccc1C1=CCSc2ccc(C(=O)N=C(N)N)cc21. The maximum Gasteiger partial charge on any atom is 0.280 e. The molecule has 1 heterocycles. The van der Waals surface area contributed by atoms with Crippen LogP contribution in [0, 0.1) is 0 Å². The van der Waals surface area contributed by atoms with Crippen molar-refractivity contribution in [1.82, 2.24) is 0 Å². The smallest absolute Gasteiger partial charge is 0.280 e. The molecular weight excluding hydrogens is 322 g/mol. The van der Waals surface area contributed by atoms with Gasteiger partial charge in [0.1, 0.15) is 5.75 Å². The maximum atomic E-state index is 12.1. The number of hydrogen-bond donors (Lipinski definition) is 2. The molecule has 0 fully saturated rings. The molecule has 3 rings (SSSR count). The number of benzene rings is 2. The molecule has 0 aromatic heterocycles. The highest BCUT2D eigenvalue weighted by molar-refractivity contribution is 7.99. The number of carbonyl (C=O) groups excluding carboxylic acids is 1. The van der Waals surface area contributed by atoms with Gasteiger partial charge in [-0.2, -0.15) is 4.99 Å². The van der Waals surface area contributed by atoms with Crippen molar-refractivity contribution in [3.8, 4) is 5.75 Å². The van der Waals surface area contributed by atoms with Crippen LogP contribution in [0.2, 0.25) is 0 Å². The molecule has 0 saturated heterocycles. The Morgan fingerprint density at radius 3 is 2.71 bits per heavy atom. The number of methoxy groups -OCH3 is 1. The van der Waals surface area contributed by atoms with E-state index in [0.29, 0.717) is 5.56 Å². The van der Waals surface area contributed by atoms with Gasteiger partial charge in [0.2, 0.25) is 0 Å². The van der Waals surface area contributed by atoms with Crippen LogP contribution in [0.25, 0.3) is 5.57 Å². The van der Waals surface area contributed by atoms with E-state index < -0.39 is 5.91 Å². The fraction of sp³-hybridized carbons (Fsp3) is 0.111. The summed E-state index contributed by atoms with van der Waals surface area (Å²) in [5, 5.41) is 0. The van der Waals surface area contributed by atoms with Crippen LogP contribution in [0.5, 0.6) is 5.75 Å². The molecule has 1 aliphatic heterocycles. The van der Waals surface area contributed by atoms with Gasteiger partial charge in [0.25, 0.3) is 5.91 Å². The number of nitrogens with two attached hydrogens (primary N) is 2. The number of amides is 1. The second kappa shape index (κ2) is 6.80. The summed E-state index contributed by atoms with van der Waals surface area (Å²) in [7, 11) is 1.65. The Bertz CT molecular complexity index is 855. The van der Waals surface area contributed by atoms with Gasteiger partial charge < -0.3 is 16.2 Å². The molecule has 5 nitrogen and oxygen atoms in total. The molecular formula is C18H17N3O2S. The minimum absolute atomic E-state index is 0.243. The summed E-state index contributed by atoms with van der Waals surface area (Å²) < 4.78 is 5.47. The number of nitrogens with zero attached hydrogens (tertiary/aromatic N) is 1. The van der Waals surface area contributed by atoms with Gasteiger partial charge in [-0.25, -0.2) is 0 Å². The summed E-state index contributed by atoms with van der Waals surface area (Å²) in [4.78, 5) is 16.8. The Balaban J connectivity index is 2.09. The van der Waals surface area contributed by atoms with Crippen molar-refractivity contribution in [1.29, 1.82) is 0 Å². The second-order valence-corrected chi connectivity index (χ2v) is 6.24. The van der Waals surface area contributed by atoms with Crippen molar-refractivity contribution in [3.05, 3.63) is 65.2 Å². The normalized spacial score (nSPS) is 12.8. The summed E-state index contributed by atoms with van der Waals surface area (Å²) in [6, 6.07) is 13.3. The van der Waals surface area contributed by atoms with Gasteiger partial charge in [0, 0.05) is 21.8 Å². The minimum atomic E-state index is -0.451. The molecule has 0 unspecified atom stereocenters. The van der Waals surface area contributed by atoms with Crippen LogP contribution in [0.4, 0.5) is 0 Å². The number of rotatable bonds is 3. The first-order valence-corrected chi connectivity index (χ1v) is 8.33. The number of hydrogen-bond acceptors (Lipinski definition) is 3. The van der Waals surface area contributed by atoms with Gasteiger partial charge in [-0.1, -0.05) is 24.3 Å². The van der Waals surface area contributed by atoms with Crippen LogP contribution in [0.1, 0.15) is 21.5 Å². The van der Waals surface area contributed by atoms with Gasteiger partial charge in [0.15, 0.2) is 5.96 Å². The molecule has 2 aromatic carbocycles. The van der Waals surface area contributed by atoms with E-state index in [-0.39, 0.29) is 5.96 Å². The number of fused-ring (bicyclic) bond motifs is 1. The van der Waals surface area contributed by atoms with E-state index in [2.05, 4.69) is 11.1 Å².